The van der Waals surface area contributed by atoms with Crippen LogP contribution in [0.1, 0.15) is 30.0 Å². The predicted molar refractivity (Wildman–Crippen MR) is 78.7 cm³/mol. The number of nitrogens with two attached hydrogens (primary N) is 1. The van der Waals surface area contributed by atoms with Crippen molar-refractivity contribution in [3.8, 4) is 0 Å². The molecule has 4 nitrogen and oxygen atoms in total. The molecule has 1 unspecified atom stereocenters. The number of rotatable bonds is 4. The molecule has 2 N–H and O–H groups in total. The fourth-order valence-corrected chi connectivity index (χ4v) is 5.53. The van der Waals surface area contributed by atoms with Gasteiger partial charge in [0.05, 0.1) is 4.90 Å². The fraction of sp³-hybridized carbons (Fsp3) is 0.692. The van der Waals surface area contributed by atoms with E-state index in [9.17, 15) is 8.42 Å². The van der Waals surface area contributed by atoms with Crippen LogP contribution in [-0.4, -0.2) is 25.8 Å². The molecule has 1 aromatic rings. The number of hydrogen-bond donors (Lipinski definition) is 1. The van der Waals surface area contributed by atoms with Gasteiger partial charge in [0, 0.05) is 29.4 Å². The van der Waals surface area contributed by atoms with Gasteiger partial charge >= 0.3 is 0 Å². The maximum atomic E-state index is 12.6. The summed E-state index contributed by atoms with van der Waals surface area (Å²) in [6, 6.07) is 1.73. The molecule has 1 fully saturated rings. The minimum absolute atomic E-state index is 0.398. The molecule has 0 bridgehead atoms. The third kappa shape index (κ3) is 2.86. The van der Waals surface area contributed by atoms with E-state index in [0.29, 0.717) is 36.4 Å². The highest BCUT2D eigenvalue weighted by atomic mass is 32.2. The Bertz CT molecular complexity index is 549. The Morgan fingerprint density at radius 3 is 2.68 bits per heavy atom. The van der Waals surface area contributed by atoms with Crippen molar-refractivity contribution in [3.05, 3.63) is 15.8 Å². The molecule has 6 heteroatoms. The Morgan fingerprint density at radius 2 is 2.21 bits per heavy atom. The molecule has 0 saturated carbocycles. The Balaban J connectivity index is 2.26. The summed E-state index contributed by atoms with van der Waals surface area (Å²) in [6.45, 7) is 7.85. The molecule has 0 radical (unpaired) electrons. The number of sulfonamides is 1. The average molecular weight is 302 g/mol. The van der Waals surface area contributed by atoms with E-state index >= 15 is 0 Å². The van der Waals surface area contributed by atoms with Gasteiger partial charge in [-0.05, 0) is 31.2 Å². The van der Waals surface area contributed by atoms with Gasteiger partial charge in [0.25, 0.3) is 0 Å². The predicted octanol–water partition coefficient (Wildman–Crippen LogP) is 2.18. The summed E-state index contributed by atoms with van der Waals surface area (Å²) in [4.78, 5) is 2.21. The van der Waals surface area contributed by atoms with Crippen LogP contribution in [0.4, 0.5) is 0 Å². The van der Waals surface area contributed by atoms with Gasteiger partial charge in [0.2, 0.25) is 10.0 Å². The van der Waals surface area contributed by atoms with Gasteiger partial charge in [0.1, 0.15) is 0 Å². The first-order valence-corrected chi connectivity index (χ1v) is 8.91. The van der Waals surface area contributed by atoms with Crippen LogP contribution in [0, 0.1) is 18.8 Å². The summed E-state index contributed by atoms with van der Waals surface area (Å²) >= 11 is 1.48. The lowest BCUT2D eigenvalue weighted by molar-refractivity contribution is 0.388. The zero-order chi connectivity index (χ0) is 14.2. The highest BCUT2D eigenvalue weighted by molar-refractivity contribution is 7.89. The number of thiophene rings is 1. The molecule has 1 atom stereocenters. The molecule has 0 aromatic carbocycles. The standard InChI is InChI=1S/C13H22N2O2S2/c1-9(2)11-4-5-15(8-11)19(16,17)13-6-12(7-14)18-10(13)3/h6,9,11H,4-5,7-8,14H2,1-3H3. The molecule has 19 heavy (non-hydrogen) atoms. The fourth-order valence-electron chi connectivity index (χ4n) is 2.54. The molecule has 0 aliphatic carbocycles. The Kier molecular flexibility index (Phi) is 4.35. The first kappa shape index (κ1) is 15.0. The van der Waals surface area contributed by atoms with E-state index in [0.717, 1.165) is 16.2 Å². The van der Waals surface area contributed by atoms with E-state index in [-0.39, 0.29) is 0 Å². The average Bonchev–Trinajstić information content (AvgIpc) is 2.95. The van der Waals surface area contributed by atoms with E-state index in [2.05, 4.69) is 13.8 Å². The molecule has 1 aliphatic heterocycles. The van der Waals surface area contributed by atoms with Gasteiger partial charge in [-0.3, -0.25) is 0 Å². The molecule has 1 aromatic heterocycles. The van der Waals surface area contributed by atoms with Gasteiger partial charge in [-0.1, -0.05) is 13.8 Å². The van der Waals surface area contributed by atoms with Crippen molar-refractivity contribution in [2.24, 2.45) is 17.6 Å². The van der Waals surface area contributed by atoms with Crippen molar-refractivity contribution < 1.29 is 8.42 Å². The molecule has 108 valence electrons. The van der Waals surface area contributed by atoms with Crippen LogP contribution in [0.2, 0.25) is 0 Å². The second-order valence-corrected chi connectivity index (χ2v) is 8.74. The summed E-state index contributed by atoms with van der Waals surface area (Å²) in [6.07, 6.45) is 0.962. The molecule has 1 aliphatic rings. The zero-order valence-electron chi connectivity index (χ0n) is 11.7. The van der Waals surface area contributed by atoms with E-state index in [4.69, 9.17) is 5.73 Å². The van der Waals surface area contributed by atoms with Crippen LogP contribution in [0.3, 0.4) is 0 Å². The van der Waals surface area contributed by atoms with Gasteiger partial charge in [-0.15, -0.1) is 11.3 Å². The van der Waals surface area contributed by atoms with E-state index in [1.807, 2.05) is 6.92 Å². The van der Waals surface area contributed by atoms with E-state index in [1.54, 1.807) is 10.4 Å². The first-order chi connectivity index (χ1) is 8.86. The van der Waals surface area contributed by atoms with Crippen LogP contribution >= 0.6 is 11.3 Å². The molecule has 0 spiro atoms. The summed E-state index contributed by atoms with van der Waals surface area (Å²) in [5.74, 6) is 1.01. The van der Waals surface area contributed by atoms with Crippen molar-refractivity contribution >= 4 is 21.4 Å². The molecule has 2 heterocycles. The smallest absolute Gasteiger partial charge is 0.244 e. The van der Waals surface area contributed by atoms with Crippen molar-refractivity contribution in [2.75, 3.05) is 13.1 Å². The highest BCUT2D eigenvalue weighted by Crippen LogP contribution is 2.32. The van der Waals surface area contributed by atoms with Crippen molar-refractivity contribution in [2.45, 2.75) is 38.6 Å². The number of nitrogens with zero attached hydrogens (tertiary/aromatic N) is 1. The van der Waals surface area contributed by atoms with Crippen LogP contribution in [-0.2, 0) is 16.6 Å². The first-order valence-electron chi connectivity index (χ1n) is 6.65. The Labute approximate surface area is 119 Å². The lowest BCUT2D eigenvalue weighted by Crippen LogP contribution is -2.29. The van der Waals surface area contributed by atoms with E-state index in [1.165, 1.54) is 11.3 Å². The molecular weight excluding hydrogens is 280 g/mol. The Morgan fingerprint density at radius 1 is 1.53 bits per heavy atom. The van der Waals surface area contributed by atoms with Gasteiger partial charge in [-0.25, -0.2) is 8.42 Å². The van der Waals surface area contributed by atoms with Crippen molar-refractivity contribution in [1.82, 2.24) is 4.31 Å². The third-order valence-electron chi connectivity index (χ3n) is 3.87. The molecule has 1 saturated heterocycles. The summed E-state index contributed by atoms with van der Waals surface area (Å²) in [5.41, 5.74) is 5.59. The second kappa shape index (κ2) is 5.52. The Hall–Kier alpha value is -0.430. The quantitative estimate of drug-likeness (QED) is 0.927. The zero-order valence-corrected chi connectivity index (χ0v) is 13.4. The molecule has 0 amide bonds. The third-order valence-corrected chi connectivity index (χ3v) is 7.07. The number of aryl methyl sites for hydroxylation is 1. The van der Waals surface area contributed by atoms with Crippen LogP contribution < -0.4 is 5.73 Å². The van der Waals surface area contributed by atoms with Crippen LogP contribution in [0.5, 0.6) is 0 Å². The van der Waals surface area contributed by atoms with E-state index < -0.39 is 10.0 Å². The highest BCUT2D eigenvalue weighted by Gasteiger charge is 2.35. The maximum absolute atomic E-state index is 12.6. The summed E-state index contributed by atoms with van der Waals surface area (Å²) in [5, 5.41) is 0. The lowest BCUT2D eigenvalue weighted by Gasteiger charge is -2.17. The van der Waals surface area contributed by atoms with Crippen LogP contribution in [0.25, 0.3) is 0 Å². The monoisotopic (exact) mass is 302 g/mol. The second-order valence-electron chi connectivity index (χ2n) is 5.49. The van der Waals surface area contributed by atoms with Crippen molar-refractivity contribution in [3.63, 3.8) is 0 Å². The van der Waals surface area contributed by atoms with Crippen LogP contribution in [0.15, 0.2) is 11.0 Å². The largest absolute Gasteiger partial charge is 0.326 e. The molecule has 2 rings (SSSR count). The summed E-state index contributed by atoms with van der Waals surface area (Å²) in [7, 11) is -3.34. The molecular formula is C13H22N2O2S2. The minimum atomic E-state index is -3.34. The maximum Gasteiger partial charge on any atom is 0.244 e. The lowest BCUT2D eigenvalue weighted by atomic mass is 9.96. The SMILES string of the molecule is Cc1sc(CN)cc1S(=O)(=O)N1CCC(C(C)C)C1. The van der Waals surface area contributed by atoms with Gasteiger partial charge in [-0.2, -0.15) is 4.31 Å². The minimum Gasteiger partial charge on any atom is -0.326 e. The van der Waals surface area contributed by atoms with Crippen molar-refractivity contribution in [1.29, 1.82) is 0 Å². The van der Waals surface area contributed by atoms with Gasteiger partial charge in [0.15, 0.2) is 0 Å². The topological polar surface area (TPSA) is 63.4 Å². The summed E-state index contributed by atoms with van der Waals surface area (Å²) < 4.78 is 26.9. The normalized spacial score (nSPS) is 21.4. The van der Waals surface area contributed by atoms with Gasteiger partial charge < -0.3 is 5.73 Å². The number of hydrogen-bond acceptors (Lipinski definition) is 4.